The number of aliphatic hydroxyl groups excluding tert-OH is 1. The number of anilines is 1. The fourth-order valence-corrected chi connectivity index (χ4v) is 3.05. The molecule has 0 fully saturated rings. The third-order valence-electron chi connectivity index (χ3n) is 4.18. The zero-order chi connectivity index (χ0) is 15.5. The number of nitrogens with zero attached hydrogens (tertiary/aromatic N) is 1. The molecule has 2 aromatic rings. The van der Waals surface area contributed by atoms with E-state index in [2.05, 4.69) is 42.2 Å². The molecule has 0 spiro atoms. The number of hydrogen-bond donors (Lipinski definition) is 1. The van der Waals surface area contributed by atoms with Gasteiger partial charge in [-0.2, -0.15) is 0 Å². The molecule has 124 valence electrons. The lowest BCUT2D eigenvalue weighted by Gasteiger charge is -2.23. The van der Waals surface area contributed by atoms with Crippen molar-refractivity contribution >= 4 is 18.1 Å². The van der Waals surface area contributed by atoms with Gasteiger partial charge in [0.15, 0.2) is 0 Å². The van der Waals surface area contributed by atoms with E-state index in [1.54, 1.807) is 0 Å². The van der Waals surface area contributed by atoms with E-state index in [4.69, 9.17) is 4.74 Å². The molecule has 0 aliphatic carbocycles. The first-order chi connectivity index (χ1) is 10.6. The zero-order valence-electron chi connectivity index (χ0n) is 13.7. The summed E-state index contributed by atoms with van der Waals surface area (Å²) in [5.74, 6) is 0.853. The van der Waals surface area contributed by atoms with Crippen LogP contribution in [-0.4, -0.2) is 30.9 Å². The van der Waals surface area contributed by atoms with Gasteiger partial charge in [-0.25, -0.2) is 0 Å². The van der Waals surface area contributed by atoms with E-state index in [-0.39, 0.29) is 12.4 Å². The molecule has 3 nitrogen and oxygen atoms in total. The highest BCUT2D eigenvalue weighted by Gasteiger charge is 2.21. The van der Waals surface area contributed by atoms with Gasteiger partial charge in [0.1, 0.15) is 18.5 Å². The van der Waals surface area contributed by atoms with Gasteiger partial charge in [0, 0.05) is 18.8 Å². The highest BCUT2D eigenvalue weighted by atomic mass is 35.5. The average molecular weight is 334 g/mol. The number of halogens is 1. The van der Waals surface area contributed by atoms with Crippen molar-refractivity contribution in [2.75, 3.05) is 24.6 Å². The normalized spacial score (nSPS) is 14.1. The Balaban J connectivity index is 0.00000192. The van der Waals surface area contributed by atoms with Crippen LogP contribution in [0.15, 0.2) is 42.5 Å². The number of fused-ring (bicyclic) bond motifs is 1. The van der Waals surface area contributed by atoms with Gasteiger partial charge in [0.05, 0.1) is 0 Å². The molecule has 0 saturated carbocycles. The molecule has 1 aliphatic heterocycles. The molecule has 23 heavy (non-hydrogen) atoms. The molecule has 1 aliphatic rings. The number of aliphatic hydroxyl groups is 1. The Hall–Kier alpha value is -1.71. The van der Waals surface area contributed by atoms with Crippen LogP contribution in [0, 0.1) is 13.8 Å². The highest BCUT2D eigenvalue weighted by molar-refractivity contribution is 5.85. The lowest BCUT2D eigenvalue weighted by molar-refractivity contribution is 0.112. The van der Waals surface area contributed by atoms with Gasteiger partial charge in [-0.05, 0) is 43.5 Å². The third kappa shape index (κ3) is 4.18. The molecule has 0 amide bonds. The first kappa shape index (κ1) is 17.6. The number of para-hydroxylation sites is 1. The van der Waals surface area contributed by atoms with Gasteiger partial charge in [-0.3, -0.25) is 0 Å². The lowest BCUT2D eigenvalue weighted by Crippen LogP contribution is -2.34. The van der Waals surface area contributed by atoms with Gasteiger partial charge in [0.2, 0.25) is 0 Å². The molecule has 4 heteroatoms. The molecule has 0 radical (unpaired) electrons. The third-order valence-corrected chi connectivity index (χ3v) is 4.18. The van der Waals surface area contributed by atoms with E-state index in [1.807, 2.05) is 19.1 Å². The van der Waals surface area contributed by atoms with Crippen LogP contribution in [-0.2, 0) is 6.42 Å². The monoisotopic (exact) mass is 333 g/mol. The Morgan fingerprint density at radius 1 is 1.17 bits per heavy atom. The molecule has 0 saturated heterocycles. The summed E-state index contributed by atoms with van der Waals surface area (Å²) >= 11 is 0. The van der Waals surface area contributed by atoms with E-state index in [9.17, 15) is 5.11 Å². The SMILES string of the molecule is Cc1ccc(OCC(O)CN2CCc3ccccc32)c(C)c1.Cl. The van der Waals surface area contributed by atoms with Crippen molar-refractivity contribution < 1.29 is 9.84 Å². The number of hydrogen-bond acceptors (Lipinski definition) is 3. The van der Waals surface area contributed by atoms with Gasteiger partial charge >= 0.3 is 0 Å². The van der Waals surface area contributed by atoms with Crippen LogP contribution in [0.3, 0.4) is 0 Å². The van der Waals surface area contributed by atoms with Crippen LogP contribution in [0.4, 0.5) is 5.69 Å². The summed E-state index contributed by atoms with van der Waals surface area (Å²) < 4.78 is 5.78. The minimum atomic E-state index is -0.494. The molecule has 1 atom stereocenters. The Bertz CT molecular complexity index is 660. The summed E-state index contributed by atoms with van der Waals surface area (Å²) in [7, 11) is 0. The minimum Gasteiger partial charge on any atom is -0.491 e. The van der Waals surface area contributed by atoms with Gasteiger partial charge in [0.25, 0.3) is 0 Å². The number of ether oxygens (including phenoxy) is 1. The fourth-order valence-electron chi connectivity index (χ4n) is 3.05. The van der Waals surface area contributed by atoms with E-state index in [0.29, 0.717) is 13.2 Å². The Kier molecular flexibility index (Phi) is 5.91. The summed E-state index contributed by atoms with van der Waals surface area (Å²) in [6.07, 6.45) is 0.563. The maximum atomic E-state index is 10.3. The van der Waals surface area contributed by atoms with Crippen molar-refractivity contribution in [2.45, 2.75) is 26.4 Å². The number of rotatable bonds is 5. The van der Waals surface area contributed by atoms with Gasteiger partial charge in [-0.1, -0.05) is 35.9 Å². The Morgan fingerprint density at radius 2 is 1.96 bits per heavy atom. The summed E-state index contributed by atoms with van der Waals surface area (Å²) in [5, 5.41) is 10.3. The van der Waals surface area contributed by atoms with Gasteiger partial charge in [-0.15, -0.1) is 12.4 Å². The van der Waals surface area contributed by atoms with Gasteiger partial charge < -0.3 is 14.7 Å². The standard InChI is InChI=1S/C19H23NO2.ClH/c1-14-7-8-19(15(2)11-14)22-13-17(21)12-20-10-9-16-5-3-4-6-18(16)20;/h3-8,11,17,21H,9-10,12-13H2,1-2H3;1H. The quantitative estimate of drug-likeness (QED) is 0.908. The Morgan fingerprint density at radius 3 is 2.74 bits per heavy atom. The van der Waals surface area contributed by atoms with Crippen LogP contribution >= 0.6 is 12.4 Å². The minimum absolute atomic E-state index is 0. The van der Waals surface area contributed by atoms with Crippen LogP contribution in [0.1, 0.15) is 16.7 Å². The number of β-amino-alcohol motifs (C(OH)–C–C–N with tert-alkyl or cyclic N) is 1. The first-order valence-electron chi connectivity index (χ1n) is 7.84. The van der Waals surface area contributed by atoms with Crippen LogP contribution in [0.25, 0.3) is 0 Å². The van der Waals surface area contributed by atoms with Crippen LogP contribution < -0.4 is 9.64 Å². The second-order valence-electron chi connectivity index (χ2n) is 6.06. The maximum absolute atomic E-state index is 10.3. The highest BCUT2D eigenvalue weighted by Crippen LogP contribution is 2.27. The van der Waals surface area contributed by atoms with Crippen molar-refractivity contribution in [3.05, 3.63) is 59.2 Å². The predicted molar refractivity (Wildman–Crippen MR) is 97.0 cm³/mol. The fraction of sp³-hybridized carbons (Fsp3) is 0.368. The number of benzene rings is 2. The molecular formula is C19H24ClNO2. The zero-order valence-corrected chi connectivity index (χ0v) is 14.5. The Labute approximate surface area is 144 Å². The van der Waals surface area contributed by atoms with E-state index in [0.717, 1.165) is 24.3 Å². The van der Waals surface area contributed by atoms with E-state index >= 15 is 0 Å². The van der Waals surface area contributed by atoms with Crippen molar-refractivity contribution in [3.8, 4) is 5.75 Å². The van der Waals surface area contributed by atoms with Crippen molar-refractivity contribution in [1.29, 1.82) is 0 Å². The van der Waals surface area contributed by atoms with E-state index < -0.39 is 6.10 Å². The molecule has 1 unspecified atom stereocenters. The largest absolute Gasteiger partial charge is 0.491 e. The molecule has 0 bridgehead atoms. The second kappa shape index (κ2) is 7.71. The smallest absolute Gasteiger partial charge is 0.122 e. The molecule has 2 aromatic carbocycles. The summed E-state index contributed by atoms with van der Waals surface area (Å²) in [5.41, 5.74) is 4.94. The molecule has 1 N–H and O–H groups in total. The average Bonchev–Trinajstić information content (AvgIpc) is 2.90. The second-order valence-corrected chi connectivity index (χ2v) is 6.06. The van der Waals surface area contributed by atoms with Crippen LogP contribution in [0.5, 0.6) is 5.75 Å². The van der Waals surface area contributed by atoms with E-state index in [1.165, 1.54) is 16.8 Å². The molecule has 3 rings (SSSR count). The lowest BCUT2D eigenvalue weighted by atomic mass is 10.1. The van der Waals surface area contributed by atoms with Crippen LogP contribution in [0.2, 0.25) is 0 Å². The summed E-state index contributed by atoms with van der Waals surface area (Å²) in [6, 6.07) is 14.5. The van der Waals surface area contributed by atoms with Crippen molar-refractivity contribution in [2.24, 2.45) is 0 Å². The van der Waals surface area contributed by atoms with Crippen molar-refractivity contribution in [3.63, 3.8) is 0 Å². The molecule has 1 heterocycles. The summed E-state index contributed by atoms with van der Waals surface area (Å²) in [6.45, 7) is 6.01. The maximum Gasteiger partial charge on any atom is 0.122 e. The number of aryl methyl sites for hydroxylation is 2. The topological polar surface area (TPSA) is 32.7 Å². The first-order valence-corrected chi connectivity index (χ1v) is 7.84. The molecule has 0 aromatic heterocycles. The predicted octanol–water partition coefficient (Wildman–Crippen LogP) is 3.53. The van der Waals surface area contributed by atoms with Crippen molar-refractivity contribution in [1.82, 2.24) is 0 Å². The summed E-state index contributed by atoms with van der Waals surface area (Å²) in [4.78, 5) is 2.24. The molecular weight excluding hydrogens is 310 g/mol.